The number of H-pyrrole nitrogens is 1. The Labute approximate surface area is 194 Å². The van der Waals surface area contributed by atoms with Crippen molar-refractivity contribution >= 4 is 16.8 Å². The number of amides is 1. The normalized spacial score (nSPS) is 15.2. The SMILES string of the molecule is COc1cccc(CNC(=O)c2nc3ccc(F)c(OC)c3c(=O)[nH]2)c1.OCC1COCCO1. The van der Waals surface area contributed by atoms with Crippen LogP contribution in [0.25, 0.3) is 10.9 Å². The van der Waals surface area contributed by atoms with Crippen LogP contribution in [-0.4, -0.2) is 67.7 Å². The molecule has 3 N–H and O–H groups in total. The second kappa shape index (κ2) is 12.1. The molecule has 0 bridgehead atoms. The van der Waals surface area contributed by atoms with Crippen molar-refractivity contribution in [2.45, 2.75) is 12.6 Å². The Morgan fingerprint density at radius 1 is 1.26 bits per heavy atom. The summed E-state index contributed by atoms with van der Waals surface area (Å²) in [5.74, 6) is -0.945. The van der Waals surface area contributed by atoms with Gasteiger partial charge in [0.15, 0.2) is 17.4 Å². The fourth-order valence-electron chi connectivity index (χ4n) is 3.18. The quantitative estimate of drug-likeness (QED) is 0.488. The Kier molecular flexibility index (Phi) is 8.91. The van der Waals surface area contributed by atoms with E-state index < -0.39 is 17.3 Å². The number of ether oxygens (including phenoxy) is 4. The molecule has 1 unspecified atom stereocenters. The average molecular weight is 475 g/mol. The van der Waals surface area contributed by atoms with E-state index >= 15 is 0 Å². The van der Waals surface area contributed by atoms with Crippen LogP contribution in [0.5, 0.6) is 11.5 Å². The molecule has 0 spiro atoms. The zero-order valence-corrected chi connectivity index (χ0v) is 18.8. The lowest BCUT2D eigenvalue weighted by molar-refractivity contribution is -0.105. The summed E-state index contributed by atoms with van der Waals surface area (Å²) in [6, 6.07) is 9.65. The number of methoxy groups -OCH3 is 2. The Balaban J connectivity index is 0.000000343. The smallest absolute Gasteiger partial charge is 0.287 e. The predicted octanol–water partition coefficient (Wildman–Crippen LogP) is 1.40. The van der Waals surface area contributed by atoms with E-state index in [0.717, 1.165) is 11.6 Å². The summed E-state index contributed by atoms with van der Waals surface area (Å²) in [6.07, 6.45) is -0.0799. The Bertz CT molecular complexity index is 1180. The molecule has 1 fully saturated rings. The summed E-state index contributed by atoms with van der Waals surface area (Å²) in [5, 5.41) is 11.1. The summed E-state index contributed by atoms with van der Waals surface area (Å²) >= 11 is 0. The lowest BCUT2D eigenvalue weighted by Gasteiger charge is -2.20. The van der Waals surface area contributed by atoms with Crippen molar-refractivity contribution < 1.29 is 33.2 Å². The maximum absolute atomic E-state index is 13.7. The number of nitrogens with zero attached hydrogens (tertiary/aromatic N) is 1. The summed E-state index contributed by atoms with van der Waals surface area (Å²) in [7, 11) is 2.81. The molecular formula is C23H26FN3O7. The van der Waals surface area contributed by atoms with Gasteiger partial charge in [-0.2, -0.15) is 0 Å². The second-order valence-electron chi connectivity index (χ2n) is 7.17. The number of aliphatic hydroxyl groups excluding tert-OH is 1. The summed E-state index contributed by atoms with van der Waals surface area (Å²) in [4.78, 5) is 31.0. The first-order chi connectivity index (χ1) is 16.5. The summed E-state index contributed by atoms with van der Waals surface area (Å²) < 4.78 is 33.8. The molecule has 10 nitrogen and oxygen atoms in total. The van der Waals surface area contributed by atoms with Crippen LogP contribution in [0.2, 0.25) is 0 Å². The number of fused-ring (bicyclic) bond motifs is 1. The minimum Gasteiger partial charge on any atom is -0.497 e. The molecule has 0 aliphatic carbocycles. The number of hydrogen-bond acceptors (Lipinski definition) is 8. The van der Waals surface area contributed by atoms with E-state index in [1.54, 1.807) is 25.3 Å². The highest BCUT2D eigenvalue weighted by atomic mass is 19.1. The van der Waals surface area contributed by atoms with E-state index in [9.17, 15) is 14.0 Å². The molecule has 2 aromatic carbocycles. The van der Waals surface area contributed by atoms with Crippen molar-refractivity contribution in [2.24, 2.45) is 0 Å². The maximum atomic E-state index is 13.7. The highest BCUT2D eigenvalue weighted by Gasteiger charge is 2.17. The van der Waals surface area contributed by atoms with E-state index in [1.807, 2.05) is 6.07 Å². The standard InChI is InChI=1S/C18H16FN3O4.C5H10O3/c1-25-11-5-3-4-10(8-11)9-20-18(24)16-21-13-7-6-12(19)15(26-2)14(13)17(23)22-16;6-3-5-4-7-1-2-8-5/h3-8H,9H2,1-2H3,(H,20,24)(H,21,22,23);5-6H,1-4H2. The Hall–Kier alpha value is -3.54. The largest absolute Gasteiger partial charge is 0.497 e. The van der Waals surface area contributed by atoms with Crippen LogP contribution in [-0.2, 0) is 16.0 Å². The van der Waals surface area contributed by atoms with Crippen LogP contribution in [0.4, 0.5) is 4.39 Å². The third-order valence-electron chi connectivity index (χ3n) is 4.87. The molecule has 1 aromatic heterocycles. The number of carbonyl (C=O) groups excluding carboxylic acids is 1. The van der Waals surface area contributed by atoms with Gasteiger partial charge in [0.1, 0.15) is 17.2 Å². The number of halogens is 1. The summed E-state index contributed by atoms with van der Waals surface area (Å²) in [6.45, 7) is 2.11. The van der Waals surface area contributed by atoms with Crippen LogP contribution in [0.1, 0.15) is 16.2 Å². The van der Waals surface area contributed by atoms with Crippen LogP contribution < -0.4 is 20.3 Å². The molecule has 2 heterocycles. The molecule has 1 aliphatic rings. The molecule has 182 valence electrons. The van der Waals surface area contributed by atoms with Gasteiger partial charge in [0.2, 0.25) is 0 Å². The molecule has 4 rings (SSSR count). The van der Waals surface area contributed by atoms with Crippen molar-refractivity contribution in [3.8, 4) is 11.5 Å². The van der Waals surface area contributed by atoms with E-state index in [1.165, 1.54) is 13.2 Å². The lowest BCUT2D eigenvalue weighted by atomic mass is 10.2. The van der Waals surface area contributed by atoms with E-state index in [-0.39, 0.29) is 41.7 Å². The molecule has 11 heteroatoms. The topological polar surface area (TPSA) is 132 Å². The first kappa shape index (κ1) is 25.1. The van der Waals surface area contributed by atoms with E-state index in [2.05, 4.69) is 15.3 Å². The molecule has 1 saturated heterocycles. The van der Waals surface area contributed by atoms with Gasteiger partial charge in [0, 0.05) is 6.54 Å². The Morgan fingerprint density at radius 2 is 2.09 bits per heavy atom. The first-order valence-electron chi connectivity index (χ1n) is 10.4. The number of aromatic nitrogens is 2. The van der Waals surface area contributed by atoms with Gasteiger partial charge >= 0.3 is 0 Å². The van der Waals surface area contributed by atoms with Crippen LogP contribution >= 0.6 is 0 Å². The van der Waals surface area contributed by atoms with Crippen molar-refractivity contribution in [3.63, 3.8) is 0 Å². The third-order valence-corrected chi connectivity index (χ3v) is 4.87. The zero-order chi connectivity index (χ0) is 24.5. The van der Waals surface area contributed by atoms with Crippen molar-refractivity contribution in [1.29, 1.82) is 0 Å². The summed E-state index contributed by atoms with van der Waals surface area (Å²) in [5.41, 5.74) is 0.334. The van der Waals surface area contributed by atoms with Gasteiger partial charge in [-0.25, -0.2) is 9.37 Å². The molecule has 1 amide bonds. The number of aromatic amines is 1. The zero-order valence-electron chi connectivity index (χ0n) is 18.8. The molecule has 1 aliphatic heterocycles. The van der Waals surface area contributed by atoms with Crippen molar-refractivity contribution in [3.05, 3.63) is 64.0 Å². The number of carbonyl (C=O) groups is 1. The Morgan fingerprint density at radius 3 is 2.74 bits per heavy atom. The van der Waals surface area contributed by atoms with E-state index in [0.29, 0.717) is 25.6 Å². The highest BCUT2D eigenvalue weighted by molar-refractivity contribution is 5.93. The number of nitrogens with one attached hydrogen (secondary N) is 2. The third kappa shape index (κ3) is 6.28. The fraction of sp³-hybridized carbons (Fsp3) is 0.348. The van der Waals surface area contributed by atoms with Crippen molar-refractivity contribution in [1.82, 2.24) is 15.3 Å². The number of hydrogen-bond donors (Lipinski definition) is 3. The van der Waals surface area contributed by atoms with Gasteiger partial charge in [0.25, 0.3) is 11.5 Å². The van der Waals surface area contributed by atoms with E-state index in [4.69, 9.17) is 24.1 Å². The molecule has 3 aromatic rings. The predicted molar refractivity (Wildman–Crippen MR) is 121 cm³/mol. The minimum absolute atomic E-state index is 0.0446. The van der Waals surface area contributed by atoms with Crippen LogP contribution in [0.15, 0.2) is 41.2 Å². The number of rotatable bonds is 6. The first-order valence-corrected chi connectivity index (χ1v) is 10.4. The van der Waals surface area contributed by atoms with Gasteiger partial charge < -0.3 is 34.4 Å². The monoisotopic (exact) mass is 475 g/mol. The number of aliphatic hydroxyl groups is 1. The van der Waals surface area contributed by atoms with Gasteiger partial charge in [-0.3, -0.25) is 9.59 Å². The fourth-order valence-corrected chi connectivity index (χ4v) is 3.18. The van der Waals surface area contributed by atoms with Crippen molar-refractivity contribution in [2.75, 3.05) is 40.6 Å². The van der Waals surface area contributed by atoms with Gasteiger partial charge in [-0.15, -0.1) is 0 Å². The van der Waals surface area contributed by atoms with Gasteiger partial charge in [-0.1, -0.05) is 12.1 Å². The molecule has 0 radical (unpaired) electrons. The van der Waals surface area contributed by atoms with Gasteiger partial charge in [-0.05, 0) is 29.8 Å². The molecular weight excluding hydrogens is 449 g/mol. The molecule has 0 saturated carbocycles. The van der Waals surface area contributed by atoms with Crippen LogP contribution in [0.3, 0.4) is 0 Å². The van der Waals surface area contributed by atoms with Crippen LogP contribution in [0, 0.1) is 5.82 Å². The number of benzene rings is 2. The molecule has 1 atom stereocenters. The lowest BCUT2D eigenvalue weighted by Crippen LogP contribution is -2.31. The average Bonchev–Trinajstić information content (AvgIpc) is 2.88. The second-order valence-corrected chi connectivity index (χ2v) is 7.17. The minimum atomic E-state index is -0.678. The molecule has 34 heavy (non-hydrogen) atoms. The highest BCUT2D eigenvalue weighted by Crippen LogP contribution is 2.24. The maximum Gasteiger partial charge on any atom is 0.287 e. The van der Waals surface area contributed by atoms with Gasteiger partial charge in [0.05, 0.1) is 46.2 Å².